The summed E-state index contributed by atoms with van der Waals surface area (Å²) >= 11 is 0. The molecular weight excluding hydrogens is 216 g/mol. The van der Waals surface area contributed by atoms with Gasteiger partial charge < -0.3 is 16.2 Å². The zero-order valence-electron chi connectivity index (χ0n) is 9.73. The van der Waals surface area contributed by atoms with Gasteiger partial charge >= 0.3 is 0 Å². The average Bonchev–Trinajstić information content (AvgIpc) is 3.13. The number of para-hydroxylation sites is 1. The smallest absolute Gasteiger partial charge is 0.241 e. The predicted molar refractivity (Wildman–Crippen MR) is 66.3 cm³/mol. The van der Waals surface area contributed by atoms with Gasteiger partial charge in [0.05, 0.1) is 12.6 Å². The number of carbonyl (C=O) groups excluding carboxylic acids is 1. The van der Waals surface area contributed by atoms with Crippen LogP contribution in [0.3, 0.4) is 0 Å². The highest BCUT2D eigenvalue weighted by molar-refractivity contribution is 5.95. The van der Waals surface area contributed by atoms with Crippen LogP contribution in [0.15, 0.2) is 24.3 Å². The Morgan fingerprint density at radius 1 is 1.47 bits per heavy atom. The molecule has 0 radical (unpaired) electrons. The van der Waals surface area contributed by atoms with Crippen molar-refractivity contribution in [3.63, 3.8) is 0 Å². The van der Waals surface area contributed by atoms with Crippen molar-refractivity contribution in [2.24, 2.45) is 11.7 Å². The molecule has 0 bridgehead atoms. The number of hydrogen-bond acceptors (Lipinski definition) is 3. The molecule has 0 heterocycles. The van der Waals surface area contributed by atoms with E-state index in [0.717, 1.165) is 6.42 Å². The summed E-state index contributed by atoms with van der Waals surface area (Å²) in [5.74, 6) is 0.460. The van der Waals surface area contributed by atoms with Gasteiger partial charge in [-0.3, -0.25) is 4.79 Å². The van der Waals surface area contributed by atoms with Crippen LogP contribution in [0.25, 0.3) is 0 Å². The van der Waals surface area contributed by atoms with E-state index in [4.69, 9.17) is 10.8 Å². The maximum absolute atomic E-state index is 11.8. The van der Waals surface area contributed by atoms with E-state index >= 15 is 0 Å². The number of aliphatic hydroxyl groups is 1. The zero-order chi connectivity index (χ0) is 12.3. The number of carbonyl (C=O) groups is 1. The molecule has 4 N–H and O–H groups in total. The second-order valence-electron chi connectivity index (χ2n) is 4.59. The lowest BCUT2D eigenvalue weighted by Crippen LogP contribution is -2.36. The summed E-state index contributed by atoms with van der Waals surface area (Å²) in [6, 6.07) is 6.75. The molecule has 0 aromatic heterocycles. The molecular formula is C13H18N2O2. The third kappa shape index (κ3) is 3.28. The molecule has 0 spiro atoms. The van der Waals surface area contributed by atoms with Crippen molar-refractivity contribution in [3.05, 3.63) is 29.8 Å². The molecule has 1 atom stereocenters. The molecule has 1 aromatic rings. The van der Waals surface area contributed by atoms with Crippen molar-refractivity contribution in [1.29, 1.82) is 0 Å². The number of rotatable bonds is 5. The predicted octanol–water partition coefficient (Wildman–Crippen LogP) is 1.24. The fourth-order valence-electron chi connectivity index (χ4n) is 1.83. The topological polar surface area (TPSA) is 75.4 Å². The lowest BCUT2D eigenvalue weighted by Gasteiger charge is -2.13. The van der Waals surface area contributed by atoms with Crippen LogP contribution in [0.4, 0.5) is 5.69 Å². The van der Waals surface area contributed by atoms with Crippen LogP contribution in [0.1, 0.15) is 24.8 Å². The molecule has 17 heavy (non-hydrogen) atoms. The highest BCUT2D eigenvalue weighted by Gasteiger charge is 2.27. The molecule has 92 valence electrons. The fourth-order valence-corrected chi connectivity index (χ4v) is 1.83. The Morgan fingerprint density at radius 3 is 2.82 bits per heavy atom. The number of anilines is 1. The minimum atomic E-state index is -0.450. The van der Waals surface area contributed by atoms with Crippen LogP contribution in [0.5, 0.6) is 0 Å². The van der Waals surface area contributed by atoms with Gasteiger partial charge in [0, 0.05) is 11.3 Å². The van der Waals surface area contributed by atoms with E-state index in [1.54, 1.807) is 12.1 Å². The van der Waals surface area contributed by atoms with Crippen LogP contribution in [0, 0.1) is 5.92 Å². The van der Waals surface area contributed by atoms with Crippen molar-refractivity contribution >= 4 is 11.6 Å². The summed E-state index contributed by atoms with van der Waals surface area (Å²) in [7, 11) is 0. The summed E-state index contributed by atoms with van der Waals surface area (Å²) in [4.78, 5) is 11.8. The minimum Gasteiger partial charge on any atom is -0.392 e. The first kappa shape index (κ1) is 12.1. The van der Waals surface area contributed by atoms with Gasteiger partial charge in [-0.1, -0.05) is 31.0 Å². The van der Waals surface area contributed by atoms with E-state index in [1.165, 1.54) is 12.8 Å². The third-order valence-corrected chi connectivity index (χ3v) is 3.07. The highest BCUT2D eigenvalue weighted by atomic mass is 16.3. The minimum absolute atomic E-state index is 0.0890. The van der Waals surface area contributed by atoms with Crippen LogP contribution in [-0.4, -0.2) is 17.1 Å². The Hall–Kier alpha value is -1.39. The van der Waals surface area contributed by atoms with E-state index in [2.05, 4.69) is 5.32 Å². The van der Waals surface area contributed by atoms with Gasteiger partial charge in [-0.15, -0.1) is 0 Å². The molecule has 1 aliphatic carbocycles. The normalized spacial score (nSPS) is 16.6. The number of nitrogens with two attached hydrogens (primary N) is 1. The molecule has 4 nitrogen and oxygen atoms in total. The first-order chi connectivity index (χ1) is 8.20. The molecule has 1 saturated carbocycles. The Labute approximate surface area is 101 Å². The molecule has 1 aliphatic rings. The molecule has 4 heteroatoms. The second kappa shape index (κ2) is 5.29. The van der Waals surface area contributed by atoms with Crippen molar-refractivity contribution in [2.45, 2.75) is 31.9 Å². The van der Waals surface area contributed by atoms with Gasteiger partial charge in [0.25, 0.3) is 0 Å². The fraction of sp³-hybridized carbons (Fsp3) is 0.462. The molecule has 1 aromatic carbocycles. The number of nitrogens with one attached hydrogen (secondary N) is 1. The Bertz CT molecular complexity index is 402. The summed E-state index contributed by atoms with van der Waals surface area (Å²) < 4.78 is 0. The van der Waals surface area contributed by atoms with Gasteiger partial charge in [-0.25, -0.2) is 0 Å². The Kier molecular flexibility index (Phi) is 3.76. The van der Waals surface area contributed by atoms with Gasteiger partial charge in [-0.05, 0) is 18.4 Å². The Balaban J connectivity index is 1.96. The van der Waals surface area contributed by atoms with E-state index < -0.39 is 6.04 Å². The second-order valence-corrected chi connectivity index (χ2v) is 4.59. The van der Waals surface area contributed by atoms with E-state index in [9.17, 15) is 4.79 Å². The van der Waals surface area contributed by atoms with E-state index in [1.807, 2.05) is 12.1 Å². The lowest BCUT2D eigenvalue weighted by molar-refractivity contribution is -0.117. The van der Waals surface area contributed by atoms with Crippen LogP contribution >= 0.6 is 0 Å². The van der Waals surface area contributed by atoms with Gasteiger partial charge in [-0.2, -0.15) is 0 Å². The van der Waals surface area contributed by atoms with Gasteiger partial charge in [0.15, 0.2) is 0 Å². The molecule has 0 unspecified atom stereocenters. The summed E-state index contributed by atoms with van der Waals surface area (Å²) in [6.07, 6.45) is 3.13. The third-order valence-electron chi connectivity index (χ3n) is 3.07. The lowest BCUT2D eigenvalue weighted by atomic mass is 10.1. The quantitative estimate of drug-likeness (QED) is 0.717. The number of amides is 1. The number of hydrogen-bond donors (Lipinski definition) is 3. The van der Waals surface area contributed by atoms with E-state index in [-0.39, 0.29) is 12.5 Å². The van der Waals surface area contributed by atoms with Crippen molar-refractivity contribution < 1.29 is 9.90 Å². The molecule has 2 rings (SSSR count). The van der Waals surface area contributed by atoms with Crippen molar-refractivity contribution in [2.75, 3.05) is 5.32 Å². The largest absolute Gasteiger partial charge is 0.392 e. The standard InChI is InChI=1S/C13H18N2O2/c14-11(7-9-5-6-9)13(17)15-12-4-2-1-3-10(12)8-16/h1-4,9,11,16H,5-8,14H2,(H,15,17)/t11-/m0/s1. The zero-order valence-corrected chi connectivity index (χ0v) is 9.73. The molecule has 1 amide bonds. The van der Waals surface area contributed by atoms with E-state index in [0.29, 0.717) is 17.2 Å². The van der Waals surface area contributed by atoms with Crippen LogP contribution < -0.4 is 11.1 Å². The Morgan fingerprint density at radius 2 is 2.18 bits per heavy atom. The average molecular weight is 234 g/mol. The maximum atomic E-state index is 11.8. The van der Waals surface area contributed by atoms with Crippen LogP contribution in [0.2, 0.25) is 0 Å². The summed E-state index contributed by atoms with van der Waals surface area (Å²) in [6.45, 7) is -0.0890. The van der Waals surface area contributed by atoms with Gasteiger partial charge in [0.1, 0.15) is 0 Å². The first-order valence-electron chi connectivity index (χ1n) is 5.96. The summed E-state index contributed by atoms with van der Waals surface area (Å²) in [5.41, 5.74) is 7.18. The van der Waals surface area contributed by atoms with Crippen molar-refractivity contribution in [3.8, 4) is 0 Å². The van der Waals surface area contributed by atoms with Crippen molar-refractivity contribution in [1.82, 2.24) is 0 Å². The number of benzene rings is 1. The van der Waals surface area contributed by atoms with Gasteiger partial charge in [0.2, 0.25) is 5.91 Å². The SMILES string of the molecule is N[C@@H](CC1CC1)C(=O)Nc1ccccc1CO. The number of aliphatic hydroxyl groups excluding tert-OH is 1. The first-order valence-corrected chi connectivity index (χ1v) is 5.96. The highest BCUT2D eigenvalue weighted by Crippen LogP contribution is 2.33. The molecule has 1 fully saturated rings. The maximum Gasteiger partial charge on any atom is 0.241 e. The molecule has 0 aliphatic heterocycles. The van der Waals surface area contributed by atoms with Crippen LogP contribution in [-0.2, 0) is 11.4 Å². The molecule has 0 saturated heterocycles. The summed E-state index contributed by atoms with van der Waals surface area (Å²) in [5, 5.41) is 11.9. The monoisotopic (exact) mass is 234 g/mol.